The van der Waals surface area contributed by atoms with Crippen molar-refractivity contribution in [2.75, 3.05) is 20.2 Å². The highest BCUT2D eigenvalue weighted by Crippen LogP contribution is 2.37. The fourth-order valence-electron chi connectivity index (χ4n) is 3.22. The van der Waals surface area contributed by atoms with Crippen LogP contribution in [0.4, 0.5) is 13.2 Å². The number of nitrogens with one attached hydrogen (secondary N) is 1. The minimum absolute atomic E-state index is 0.00593. The van der Waals surface area contributed by atoms with Crippen molar-refractivity contribution in [3.05, 3.63) is 35.3 Å². The Bertz CT molecular complexity index is 808. The Hall–Kier alpha value is -2.26. The molecule has 2 N–H and O–H groups in total. The number of aliphatic hydroxyl groups is 1. The molecule has 27 heavy (non-hydrogen) atoms. The van der Waals surface area contributed by atoms with E-state index in [4.69, 9.17) is 4.74 Å². The van der Waals surface area contributed by atoms with E-state index < -0.39 is 17.8 Å². The van der Waals surface area contributed by atoms with Gasteiger partial charge < -0.3 is 15.2 Å². The van der Waals surface area contributed by atoms with Crippen LogP contribution in [-0.2, 0) is 6.18 Å². The average molecular weight is 382 g/mol. The molecular formula is C18H21F3N4O2. The zero-order valence-corrected chi connectivity index (χ0v) is 15.0. The third-order valence-corrected chi connectivity index (χ3v) is 4.71. The van der Waals surface area contributed by atoms with Crippen molar-refractivity contribution in [2.45, 2.75) is 32.0 Å². The van der Waals surface area contributed by atoms with Crippen molar-refractivity contribution >= 4 is 0 Å². The molecule has 0 amide bonds. The van der Waals surface area contributed by atoms with Crippen molar-refractivity contribution in [3.63, 3.8) is 0 Å². The van der Waals surface area contributed by atoms with Crippen LogP contribution < -0.4 is 10.1 Å². The van der Waals surface area contributed by atoms with Gasteiger partial charge >= 0.3 is 6.18 Å². The summed E-state index contributed by atoms with van der Waals surface area (Å²) < 4.78 is 43.8. The molecule has 146 valence electrons. The van der Waals surface area contributed by atoms with Gasteiger partial charge in [0.25, 0.3) is 0 Å². The van der Waals surface area contributed by atoms with Gasteiger partial charge in [-0.3, -0.25) is 0 Å². The molecule has 2 unspecified atom stereocenters. The Labute approximate surface area is 154 Å². The fourth-order valence-corrected chi connectivity index (χ4v) is 3.22. The van der Waals surface area contributed by atoms with Crippen molar-refractivity contribution in [1.82, 2.24) is 20.5 Å². The van der Waals surface area contributed by atoms with Crippen LogP contribution in [-0.4, -0.2) is 40.5 Å². The van der Waals surface area contributed by atoms with E-state index in [1.165, 1.54) is 13.2 Å². The zero-order chi connectivity index (χ0) is 19.6. The molecule has 1 aliphatic heterocycles. The maximum absolute atomic E-state index is 12.9. The lowest BCUT2D eigenvalue weighted by atomic mass is 9.93. The molecule has 1 aromatic carbocycles. The number of aryl methyl sites for hydroxylation is 1. The summed E-state index contributed by atoms with van der Waals surface area (Å²) in [5.74, 6) is 0.260. The third kappa shape index (κ3) is 4.19. The average Bonchev–Trinajstić information content (AvgIpc) is 2.67. The van der Waals surface area contributed by atoms with Gasteiger partial charge in [-0.25, -0.2) is 4.98 Å². The van der Waals surface area contributed by atoms with Gasteiger partial charge in [-0.05, 0) is 44.5 Å². The van der Waals surface area contributed by atoms with Gasteiger partial charge in [-0.15, -0.1) is 10.2 Å². The number of benzene rings is 1. The summed E-state index contributed by atoms with van der Waals surface area (Å²) in [6.07, 6.45) is -3.47. The van der Waals surface area contributed by atoms with Gasteiger partial charge in [0.05, 0.1) is 18.4 Å². The van der Waals surface area contributed by atoms with E-state index in [0.717, 1.165) is 31.5 Å². The van der Waals surface area contributed by atoms with E-state index >= 15 is 0 Å². The predicted molar refractivity (Wildman–Crippen MR) is 92.1 cm³/mol. The van der Waals surface area contributed by atoms with Crippen molar-refractivity contribution in [2.24, 2.45) is 5.92 Å². The number of aromatic nitrogens is 3. The van der Waals surface area contributed by atoms with Crippen LogP contribution in [0.1, 0.15) is 36.0 Å². The molecule has 3 rings (SSSR count). The van der Waals surface area contributed by atoms with Gasteiger partial charge in [-0.1, -0.05) is 0 Å². The highest BCUT2D eigenvalue weighted by Gasteiger charge is 2.32. The summed E-state index contributed by atoms with van der Waals surface area (Å²) in [4.78, 5) is 4.34. The molecule has 2 aromatic rings. The van der Waals surface area contributed by atoms with E-state index in [1.807, 2.05) is 0 Å². The monoisotopic (exact) mass is 382 g/mol. The predicted octanol–water partition coefficient (Wildman–Crippen LogP) is 2.91. The first-order valence-electron chi connectivity index (χ1n) is 8.67. The molecule has 1 aromatic heterocycles. The molecule has 0 saturated carbocycles. The quantitative estimate of drug-likeness (QED) is 0.847. The number of ether oxygens (including phenoxy) is 1. The summed E-state index contributed by atoms with van der Waals surface area (Å²) in [6, 6.07) is 3.18. The van der Waals surface area contributed by atoms with Gasteiger partial charge in [0.1, 0.15) is 17.5 Å². The molecule has 0 radical (unpaired) electrons. The number of nitrogens with zero attached hydrogens (tertiary/aromatic N) is 3. The number of methoxy groups -OCH3 is 1. The van der Waals surface area contributed by atoms with Crippen LogP contribution in [0.5, 0.6) is 5.75 Å². The molecular weight excluding hydrogens is 361 g/mol. The lowest BCUT2D eigenvalue weighted by Gasteiger charge is -2.26. The second kappa shape index (κ2) is 7.77. The summed E-state index contributed by atoms with van der Waals surface area (Å²) >= 11 is 0. The molecule has 1 aliphatic rings. The van der Waals surface area contributed by atoms with Crippen molar-refractivity contribution in [1.29, 1.82) is 0 Å². The van der Waals surface area contributed by atoms with Crippen LogP contribution in [0.3, 0.4) is 0 Å². The molecule has 0 aliphatic carbocycles. The minimum Gasteiger partial charge on any atom is -0.496 e. The van der Waals surface area contributed by atoms with Crippen LogP contribution in [0.2, 0.25) is 0 Å². The largest absolute Gasteiger partial charge is 0.496 e. The lowest BCUT2D eigenvalue weighted by Crippen LogP contribution is -2.34. The second-order valence-corrected chi connectivity index (χ2v) is 6.57. The molecule has 0 bridgehead atoms. The van der Waals surface area contributed by atoms with Gasteiger partial charge in [-0.2, -0.15) is 13.2 Å². The number of hydrogen-bond acceptors (Lipinski definition) is 6. The number of piperidine rings is 1. The highest BCUT2D eigenvalue weighted by atomic mass is 19.4. The van der Waals surface area contributed by atoms with E-state index in [1.54, 1.807) is 6.92 Å². The molecule has 0 spiro atoms. The number of halogens is 3. The smallest absolute Gasteiger partial charge is 0.416 e. The number of aliphatic hydroxyl groups excluding tert-OH is 1. The third-order valence-electron chi connectivity index (χ3n) is 4.71. The number of hydrogen-bond donors (Lipinski definition) is 2. The molecule has 6 nitrogen and oxygen atoms in total. The van der Waals surface area contributed by atoms with Crippen LogP contribution >= 0.6 is 0 Å². The Balaban J connectivity index is 1.91. The normalized spacial score (nSPS) is 19.0. The molecule has 2 atom stereocenters. The molecule has 2 heterocycles. The highest BCUT2D eigenvalue weighted by molar-refractivity contribution is 5.69. The Morgan fingerprint density at radius 2 is 2.07 bits per heavy atom. The Kier molecular flexibility index (Phi) is 5.61. The minimum atomic E-state index is -4.47. The van der Waals surface area contributed by atoms with E-state index in [9.17, 15) is 18.3 Å². The van der Waals surface area contributed by atoms with Crippen LogP contribution in [0, 0.1) is 12.8 Å². The number of rotatable bonds is 4. The maximum Gasteiger partial charge on any atom is 0.416 e. The number of alkyl halides is 3. The first-order chi connectivity index (χ1) is 12.8. The van der Waals surface area contributed by atoms with Crippen molar-refractivity contribution < 1.29 is 23.0 Å². The van der Waals surface area contributed by atoms with Gasteiger partial charge in [0.2, 0.25) is 0 Å². The summed E-state index contributed by atoms with van der Waals surface area (Å²) in [6.45, 7) is 3.28. The Morgan fingerprint density at radius 1 is 1.30 bits per heavy atom. The lowest BCUT2D eigenvalue weighted by molar-refractivity contribution is -0.137. The van der Waals surface area contributed by atoms with E-state index in [-0.39, 0.29) is 17.5 Å². The summed E-state index contributed by atoms with van der Waals surface area (Å²) in [5, 5.41) is 21.9. The first-order valence-corrected chi connectivity index (χ1v) is 8.67. The van der Waals surface area contributed by atoms with E-state index in [2.05, 4.69) is 20.5 Å². The SMILES string of the molecule is COc1cc(C(F)(F)F)ccc1-c1nnc(C(O)C2CCCNC2)nc1C. The van der Waals surface area contributed by atoms with E-state index in [0.29, 0.717) is 23.5 Å². The topological polar surface area (TPSA) is 80.2 Å². The van der Waals surface area contributed by atoms with Crippen LogP contribution in [0.15, 0.2) is 18.2 Å². The molecule has 1 fully saturated rings. The van der Waals surface area contributed by atoms with Crippen molar-refractivity contribution in [3.8, 4) is 17.0 Å². The summed E-state index contributed by atoms with van der Waals surface area (Å²) in [7, 11) is 1.30. The maximum atomic E-state index is 12.9. The fraction of sp³-hybridized carbons (Fsp3) is 0.500. The molecule has 1 saturated heterocycles. The van der Waals surface area contributed by atoms with Gasteiger partial charge in [0, 0.05) is 18.0 Å². The Morgan fingerprint density at radius 3 is 2.67 bits per heavy atom. The van der Waals surface area contributed by atoms with Gasteiger partial charge in [0.15, 0.2) is 5.82 Å². The zero-order valence-electron chi connectivity index (χ0n) is 15.0. The molecule has 9 heteroatoms. The van der Waals surface area contributed by atoms with Crippen LogP contribution in [0.25, 0.3) is 11.3 Å². The summed E-state index contributed by atoms with van der Waals surface area (Å²) in [5.41, 5.74) is 0.334. The standard InChI is InChI=1S/C18H21F3N4O2/c1-10-15(13-6-5-12(18(19,20)21)8-14(13)27-2)24-25-17(23-10)16(26)11-4-3-7-22-9-11/h5-6,8,11,16,22,26H,3-4,7,9H2,1-2H3. The second-order valence-electron chi connectivity index (χ2n) is 6.57. The first kappa shape index (κ1) is 19.5.